The average molecular weight is 378 g/mol. The molecule has 0 aliphatic heterocycles. The minimum atomic E-state index is -0.174. The minimum absolute atomic E-state index is 0.0152. The van der Waals surface area contributed by atoms with Crippen LogP contribution in [0.4, 0.5) is 0 Å². The number of benzene rings is 1. The van der Waals surface area contributed by atoms with E-state index in [9.17, 15) is 9.59 Å². The molecule has 0 aliphatic carbocycles. The van der Waals surface area contributed by atoms with Gasteiger partial charge < -0.3 is 15.1 Å². The van der Waals surface area contributed by atoms with Crippen molar-refractivity contribution in [2.75, 3.05) is 27.2 Å². The third-order valence-electron chi connectivity index (χ3n) is 3.96. The number of nitrogens with one attached hydrogen (secondary N) is 2. The van der Waals surface area contributed by atoms with Gasteiger partial charge in [0, 0.05) is 30.1 Å². The van der Waals surface area contributed by atoms with Crippen molar-refractivity contribution in [3.63, 3.8) is 0 Å². The number of furan rings is 1. The third-order valence-corrected chi connectivity index (χ3v) is 4.21. The molecule has 0 radical (unpaired) electrons. The first kappa shape index (κ1) is 20.0. The Morgan fingerprint density at radius 1 is 1.15 bits per heavy atom. The van der Waals surface area contributed by atoms with Crippen LogP contribution in [0.1, 0.15) is 35.0 Å². The molecule has 2 rings (SSSR count). The summed E-state index contributed by atoms with van der Waals surface area (Å²) >= 11 is 5.80. The van der Waals surface area contributed by atoms with Gasteiger partial charge in [-0.05, 0) is 56.9 Å². The fourth-order valence-corrected chi connectivity index (χ4v) is 2.60. The van der Waals surface area contributed by atoms with Gasteiger partial charge in [-0.2, -0.15) is 0 Å². The van der Waals surface area contributed by atoms with E-state index in [4.69, 9.17) is 16.0 Å². The van der Waals surface area contributed by atoms with E-state index in [1.54, 1.807) is 30.5 Å². The van der Waals surface area contributed by atoms with Crippen LogP contribution in [-0.2, 0) is 4.79 Å². The molecular formula is C19H24ClN3O3. The Morgan fingerprint density at radius 3 is 2.50 bits per heavy atom. The standard InChI is InChI=1S/C19H24ClN3O3/c1-23(2)16(17-5-4-12-26-17)13-22-18(24)6-3-11-21-19(25)14-7-9-15(20)10-8-14/h4-5,7-10,12,16H,3,6,11,13H2,1-2H3,(H,21,25)(H,22,24). The molecule has 0 saturated heterocycles. The zero-order valence-electron chi connectivity index (χ0n) is 15.0. The van der Waals surface area contributed by atoms with Crippen molar-refractivity contribution in [3.8, 4) is 0 Å². The lowest BCUT2D eigenvalue weighted by atomic mass is 10.2. The molecule has 26 heavy (non-hydrogen) atoms. The Labute approximate surface area is 158 Å². The Bertz CT molecular complexity index is 699. The average Bonchev–Trinajstić information content (AvgIpc) is 3.13. The monoisotopic (exact) mass is 377 g/mol. The molecule has 0 spiro atoms. The number of carbonyl (C=O) groups is 2. The number of carbonyl (C=O) groups excluding carboxylic acids is 2. The van der Waals surface area contributed by atoms with E-state index in [2.05, 4.69) is 10.6 Å². The van der Waals surface area contributed by atoms with E-state index in [0.29, 0.717) is 36.5 Å². The Balaban J connectivity index is 1.67. The second-order valence-electron chi connectivity index (χ2n) is 6.17. The SMILES string of the molecule is CN(C)C(CNC(=O)CCCNC(=O)c1ccc(Cl)cc1)c1ccco1. The molecule has 2 N–H and O–H groups in total. The highest BCUT2D eigenvalue weighted by atomic mass is 35.5. The molecule has 0 aliphatic rings. The largest absolute Gasteiger partial charge is 0.468 e. The topological polar surface area (TPSA) is 74.6 Å². The summed E-state index contributed by atoms with van der Waals surface area (Å²) in [6, 6.07) is 10.4. The zero-order valence-corrected chi connectivity index (χ0v) is 15.8. The van der Waals surface area contributed by atoms with Crippen LogP contribution in [0.5, 0.6) is 0 Å². The first-order chi connectivity index (χ1) is 12.5. The maximum absolute atomic E-state index is 12.0. The van der Waals surface area contributed by atoms with Crippen LogP contribution in [0.2, 0.25) is 5.02 Å². The van der Waals surface area contributed by atoms with E-state index in [0.717, 1.165) is 5.76 Å². The van der Waals surface area contributed by atoms with Crippen LogP contribution in [0.3, 0.4) is 0 Å². The van der Waals surface area contributed by atoms with Gasteiger partial charge >= 0.3 is 0 Å². The van der Waals surface area contributed by atoms with Gasteiger partial charge in [0.15, 0.2) is 0 Å². The molecule has 0 bridgehead atoms. The highest BCUT2D eigenvalue weighted by molar-refractivity contribution is 6.30. The van der Waals surface area contributed by atoms with Gasteiger partial charge in [0.25, 0.3) is 5.91 Å². The van der Waals surface area contributed by atoms with Gasteiger partial charge in [-0.25, -0.2) is 0 Å². The predicted molar refractivity (Wildman–Crippen MR) is 101 cm³/mol. The molecule has 140 valence electrons. The number of hydrogen-bond acceptors (Lipinski definition) is 4. The number of likely N-dealkylation sites (N-methyl/N-ethyl adjacent to an activating group) is 1. The second-order valence-corrected chi connectivity index (χ2v) is 6.60. The molecule has 1 atom stereocenters. The van der Waals surface area contributed by atoms with Crippen LogP contribution in [-0.4, -0.2) is 43.9 Å². The smallest absolute Gasteiger partial charge is 0.251 e. The summed E-state index contributed by atoms with van der Waals surface area (Å²) in [7, 11) is 3.87. The first-order valence-corrected chi connectivity index (χ1v) is 8.85. The summed E-state index contributed by atoms with van der Waals surface area (Å²) in [5.41, 5.74) is 0.547. The third kappa shape index (κ3) is 6.20. The summed E-state index contributed by atoms with van der Waals surface area (Å²) in [4.78, 5) is 25.9. The fourth-order valence-electron chi connectivity index (χ4n) is 2.47. The van der Waals surface area contributed by atoms with Crippen LogP contribution in [0, 0.1) is 0 Å². The van der Waals surface area contributed by atoms with Crippen molar-refractivity contribution < 1.29 is 14.0 Å². The molecule has 0 saturated carbocycles. The van der Waals surface area contributed by atoms with Crippen molar-refractivity contribution in [3.05, 3.63) is 59.0 Å². The van der Waals surface area contributed by atoms with Gasteiger partial charge in [-0.1, -0.05) is 11.6 Å². The quantitative estimate of drug-likeness (QED) is 0.659. The van der Waals surface area contributed by atoms with Crippen LogP contribution < -0.4 is 10.6 Å². The van der Waals surface area contributed by atoms with Crippen molar-refractivity contribution in [2.24, 2.45) is 0 Å². The number of amides is 2. The maximum atomic E-state index is 12.0. The maximum Gasteiger partial charge on any atom is 0.251 e. The lowest BCUT2D eigenvalue weighted by Gasteiger charge is -2.22. The summed E-state index contributed by atoms with van der Waals surface area (Å²) in [6.07, 6.45) is 2.54. The van der Waals surface area contributed by atoms with Crippen molar-refractivity contribution in [1.29, 1.82) is 0 Å². The number of hydrogen-bond donors (Lipinski definition) is 2. The molecule has 1 aromatic heterocycles. The molecular weight excluding hydrogens is 354 g/mol. The van der Waals surface area contributed by atoms with Gasteiger partial charge in [-0.15, -0.1) is 0 Å². The molecule has 0 fully saturated rings. The van der Waals surface area contributed by atoms with Gasteiger partial charge in [0.2, 0.25) is 5.91 Å². The van der Waals surface area contributed by atoms with E-state index in [1.807, 2.05) is 31.1 Å². The van der Waals surface area contributed by atoms with Gasteiger partial charge in [0.05, 0.1) is 12.3 Å². The van der Waals surface area contributed by atoms with Crippen LogP contribution in [0.15, 0.2) is 47.1 Å². The molecule has 1 heterocycles. The predicted octanol–water partition coefficient (Wildman–Crippen LogP) is 2.86. The Kier molecular flexibility index (Phi) is 7.69. The first-order valence-electron chi connectivity index (χ1n) is 8.47. The highest BCUT2D eigenvalue weighted by Gasteiger charge is 2.17. The van der Waals surface area contributed by atoms with Crippen molar-refractivity contribution in [2.45, 2.75) is 18.9 Å². The minimum Gasteiger partial charge on any atom is -0.468 e. The van der Waals surface area contributed by atoms with Crippen LogP contribution in [0.25, 0.3) is 0 Å². The lowest BCUT2D eigenvalue weighted by molar-refractivity contribution is -0.121. The lowest BCUT2D eigenvalue weighted by Crippen LogP contribution is -2.34. The molecule has 1 unspecified atom stereocenters. The number of rotatable bonds is 9. The number of halogens is 1. The second kappa shape index (κ2) is 9.99. The summed E-state index contributed by atoms with van der Waals surface area (Å²) in [5.74, 6) is 0.585. The molecule has 2 aromatic rings. The molecule has 2 amide bonds. The van der Waals surface area contributed by atoms with Crippen molar-refractivity contribution in [1.82, 2.24) is 15.5 Å². The van der Waals surface area contributed by atoms with E-state index in [-0.39, 0.29) is 17.9 Å². The normalized spacial score (nSPS) is 12.0. The molecule has 7 heteroatoms. The Hall–Kier alpha value is -2.31. The molecule has 6 nitrogen and oxygen atoms in total. The summed E-state index contributed by atoms with van der Waals surface area (Å²) in [5, 5.41) is 6.29. The zero-order chi connectivity index (χ0) is 18.9. The van der Waals surface area contributed by atoms with E-state index in [1.165, 1.54) is 0 Å². The van der Waals surface area contributed by atoms with E-state index < -0.39 is 0 Å². The summed E-state index contributed by atoms with van der Waals surface area (Å²) < 4.78 is 5.41. The van der Waals surface area contributed by atoms with E-state index >= 15 is 0 Å². The van der Waals surface area contributed by atoms with Crippen molar-refractivity contribution >= 4 is 23.4 Å². The number of nitrogens with zero attached hydrogens (tertiary/aromatic N) is 1. The van der Waals surface area contributed by atoms with Gasteiger partial charge in [-0.3, -0.25) is 14.5 Å². The summed E-state index contributed by atoms with van der Waals surface area (Å²) in [6.45, 7) is 0.903. The fraction of sp³-hybridized carbons (Fsp3) is 0.368. The van der Waals surface area contributed by atoms with Crippen LogP contribution >= 0.6 is 11.6 Å². The highest BCUT2D eigenvalue weighted by Crippen LogP contribution is 2.17. The van der Waals surface area contributed by atoms with Gasteiger partial charge in [0.1, 0.15) is 5.76 Å². The molecule has 1 aromatic carbocycles. The Morgan fingerprint density at radius 2 is 1.88 bits per heavy atom.